The monoisotopic (exact) mass is 344 g/mol. The van der Waals surface area contributed by atoms with E-state index in [0.717, 1.165) is 34.2 Å². The zero-order valence-electron chi connectivity index (χ0n) is 11.8. The maximum Gasteiger partial charge on any atom is 0.148 e. The van der Waals surface area contributed by atoms with Gasteiger partial charge in [0.1, 0.15) is 11.3 Å². The molecule has 0 saturated carbocycles. The van der Waals surface area contributed by atoms with Gasteiger partial charge in [-0.1, -0.05) is 19.1 Å². The van der Waals surface area contributed by atoms with Crippen LogP contribution in [0.2, 0.25) is 0 Å². The van der Waals surface area contributed by atoms with E-state index >= 15 is 0 Å². The molecule has 0 aliphatic rings. The Hall–Kier alpha value is -1.65. The van der Waals surface area contributed by atoms with Gasteiger partial charge in [-0.15, -0.1) is 0 Å². The van der Waals surface area contributed by atoms with E-state index in [1.807, 2.05) is 36.7 Å². The lowest BCUT2D eigenvalue weighted by molar-refractivity contribution is 0.434. The molecule has 1 N–H and O–H groups in total. The second-order valence-corrected chi connectivity index (χ2v) is 5.83. The van der Waals surface area contributed by atoms with Gasteiger partial charge >= 0.3 is 0 Å². The van der Waals surface area contributed by atoms with Crippen LogP contribution in [0.25, 0.3) is 11.0 Å². The minimum absolute atomic E-state index is 0.164. The summed E-state index contributed by atoms with van der Waals surface area (Å²) in [5, 5.41) is 4.62. The average molecular weight is 345 g/mol. The predicted molar refractivity (Wildman–Crippen MR) is 88.3 cm³/mol. The highest BCUT2D eigenvalue weighted by atomic mass is 79.9. The number of pyridine rings is 1. The summed E-state index contributed by atoms with van der Waals surface area (Å²) in [4.78, 5) is 4.07. The molecule has 0 spiro atoms. The molecule has 4 heteroatoms. The summed E-state index contributed by atoms with van der Waals surface area (Å²) in [6.45, 7) is 3.01. The lowest BCUT2D eigenvalue weighted by Crippen LogP contribution is -2.22. The van der Waals surface area contributed by atoms with Crippen LogP contribution in [0.1, 0.15) is 24.3 Å². The molecule has 3 rings (SSSR count). The first-order valence-electron chi connectivity index (χ1n) is 7.08. The standard InChI is InChI=1S/C17H17BrN2O/c1-2-20-15(10-12-6-8-19-9-7-12)16-11-13-4-3-5-14(18)17(13)21-16/h3-9,11,15,20H,2,10H2,1H3. The number of furan rings is 1. The summed E-state index contributed by atoms with van der Waals surface area (Å²) < 4.78 is 7.05. The van der Waals surface area contributed by atoms with E-state index < -0.39 is 0 Å². The van der Waals surface area contributed by atoms with Crippen molar-refractivity contribution >= 4 is 26.9 Å². The van der Waals surface area contributed by atoms with Gasteiger partial charge in [0.15, 0.2) is 0 Å². The first-order valence-corrected chi connectivity index (χ1v) is 7.87. The second-order valence-electron chi connectivity index (χ2n) is 4.98. The maximum atomic E-state index is 6.06. The Bertz CT molecular complexity index is 724. The van der Waals surface area contributed by atoms with Crippen LogP contribution in [0, 0.1) is 0 Å². The average Bonchev–Trinajstić information content (AvgIpc) is 2.93. The second kappa shape index (κ2) is 6.41. The van der Waals surface area contributed by atoms with E-state index in [9.17, 15) is 0 Å². The highest BCUT2D eigenvalue weighted by Gasteiger charge is 2.17. The fourth-order valence-electron chi connectivity index (χ4n) is 2.49. The molecule has 21 heavy (non-hydrogen) atoms. The Labute approximate surface area is 132 Å². The van der Waals surface area contributed by atoms with Crippen LogP contribution in [0.4, 0.5) is 0 Å². The lowest BCUT2D eigenvalue weighted by atomic mass is 10.0. The molecule has 3 aromatic rings. The summed E-state index contributed by atoms with van der Waals surface area (Å²) in [7, 11) is 0. The van der Waals surface area contributed by atoms with E-state index in [4.69, 9.17) is 4.42 Å². The topological polar surface area (TPSA) is 38.1 Å². The summed E-state index contributed by atoms with van der Waals surface area (Å²) in [6, 6.07) is 12.5. The molecule has 0 bridgehead atoms. The Morgan fingerprint density at radius 3 is 2.76 bits per heavy atom. The molecule has 108 valence electrons. The molecular weight excluding hydrogens is 328 g/mol. The SMILES string of the molecule is CCNC(Cc1ccncc1)c1cc2cccc(Br)c2o1. The number of fused-ring (bicyclic) bond motifs is 1. The Morgan fingerprint density at radius 1 is 1.24 bits per heavy atom. The number of para-hydroxylation sites is 1. The Kier molecular flexibility index (Phi) is 4.36. The molecule has 2 heterocycles. The van der Waals surface area contributed by atoms with Gasteiger partial charge < -0.3 is 9.73 Å². The zero-order valence-corrected chi connectivity index (χ0v) is 13.4. The number of nitrogens with zero attached hydrogens (tertiary/aromatic N) is 1. The molecule has 0 fully saturated rings. The molecule has 0 aliphatic carbocycles. The fourth-order valence-corrected chi connectivity index (χ4v) is 2.96. The number of nitrogens with one attached hydrogen (secondary N) is 1. The van der Waals surface area contributed by atoms with E-state index in [1.165, 1.54) is 5.56 Å². The molecule has 3 nitrogen and oxygen atoms in total. The number of hydrogen-bond donors (Lipinski definition) is 1. The minimum Gasteiger partial charge on any atom is -0.458 e. The normalized spacial score (nSPS) is 12.7. The highest BCUT2D eigenvalue weighted by Crippen LogP contribution is 2.30. The van der Waals surface area contributed by atoms with Crippen LogP contribution < -0.4 is 5.32 Å². The van der Waals surface area contributed by atoms with Crippen molar-refractivity contribution < 1.29 is 4.42 Å². The Morgan fingerprint density at radius 2 is 2.05 bits per heavy atom. The van der Waals surface area contributed by atoms with Crippen molar-refractivity contribution in [3.8, 4) is 0 Å². The molecule has 2 aromatic heterocycles. The van der Waals surface area contributed by atoms with Crippen molar-refractivity contribution in [1.82, 2.24) is 10.3 Å². The van der Waals surface area contributed by atoms with Gasteiger partial charge in [-0.25, -0.2) is 0 Å². The third-order valence-corrected chi connectivity index (χ3v) is 4.12. The van der Waals surface area contributed by atoms with Crippen LogP contribution in [-0.4, -0.2) is 11.5 Å². The van der Waals surface area contributed by atoms with E-state index in [-0.39, 0.29) is 6.04 Å². The van der Waals surface area contributed by atoms with Gasteiger partial charge in [0.25, 0.3) is 0 Å². The van der Waals surface area contributed by atoms with E-state index in [2.05, 4.69) is 45.3 Å². The summed E-state index contributed by atoms with van der Waals surface area (Å²) in [5.41, 5.74) is 2.15. The molecule has 1 unspecified atom stereocenters. The summed E-state index contributed by atoms with van der Waals surface area (Å²) in [6.07, 6.45) is 4.54. The first kappa shape index (κ1) is 14.3. The molecule has 1 aromatic carbocycles. The van der Waals surface area contributed by atoms with Crippen LogP contribution in [-0.2, 0) is 6.42 Å². The largest absolute Gasteiger partial charge is 0.458 e. The lowest BCUT2D eigenvalue weighted by Gasteiger charge is -2.15. The van der Waals surface area contributed by atoms with Gasteiger partial charge in [-0.05, 0) is 58.7 Å². The summed E-state index contributed by atoms with van der Waals surface area (Å²) >= 11 is 3.54. The maximum absolute atomic E-state index is 6.06. The van der Waals surface area contributed by atoms with Gasteiger partial charge in [-0.2, -0.15) is 0 Å². The minimum atomic E-state index is 0.164. The number of aromatic nitrogens is 1. The quantitative estimate of drug-likeness (QED) is 0.741. The van der Waals surface area contributed by atoms with Crippen LogP contribution in [0.15, 0.2) is 57.7 Å². The third kappa shape index (κ3) is 3.17. The van der Waals surface area contributed by atoms with E-state index in [0.29, 0.717) is 0 Å². The van der Waals surface area contributed by atoms with Gasteiger partial charge in [-0.3, -0.25) is 4.98 Å². The summed E-state index contributed by atoms with van der Waals surface area (Å²) in [5.74, 6) is 0.968. The van der Waals surface area contributed by atoms with Gasteiger partial charge in [0.05, 0.1) is 10.5 Å². The molecule has 0 saturated heterocycles. The first-order chi connectivity index (χ1) is 10.3. The van der Waals surface area contributed by atoms with Crippen molar-refractivity contribution in [2.45, 2.75) is 19.4 Å². The van der Waals surface area contributed by atoms with Gasteiger partial charge in [0, 0.05) is 17.8 Å². The van der Waals surface area contributed by atoms with Crippen molar-refractivity contribution in [2.75, 3.05) is 6.54 Å². The number of hydrogen-bond acceptors (Lipinski definition) is 3. The van der Waals surface area contributed by atoms with Crippen molar-refractivity contribution in [2.24, 2.45) is 0 Å². The van der Waals surface area contributed by atoms with Crippen LogP contribution in [0.5, 0.6) is 0 Å². The molecular formula is C17H17BrN2O. The molecule has 0 aliphatic heterocycles. The predicted octanol–water partition coefficient (Wildman–Crippen LogP) is 4.48. The fraction of sp³-hybridized carbons (Fsp3) is 0.235. The molecule has 0 amide bonds. The third-order valence-electron chi connectivity index (χ3n) is 3.50. The zero-order chi connectivity index (χ0) is 14.7. The van der Waals surface area contributed by atoms with Gasteiger partial charge in [0.2, 0.25) is 0 Å². The van der Waals surface area contributed by atoms with Crippen LogP contribution >= 0.6 is 15.9 Å². The Balaban J connectivity index is 1.93. The van der Waals surface area contributed by atoms with Crippen molar-refractivity contribution in [3.63, 3.8) is 0 Å². The van der Waals surface area contributed by atoms with E-state index in [1.54, 1.807) is 0 Å². The number of benzene rings is 1. The van der Waals surface area contributed by atoms with Crippen molar-refractivity contribution in [3.05, 3.63) is 64.6 Å². The highest BCUT2D eigenvalue weighted by molar-refractivity contribution is 9.10. The number of rotatable bonds is 5. The molecule has 1 atom stereocenters. The van der Waals surface area contributed by atoms with Crippen molar-refractivity contribution in [1.29, 1.82) is 0 Å². The van der Waals surface area contributed by atoms with Crippen LogP contribution in [0.3, 0.4) is 0 Å². The molecule has 0 radical (unpaired) electrons. The smallest absolute Gasteiger partial charge is 0.148 e. The number of likely N-dealkylation sites (N-methyl/N-ethyl adjacent to an activating group) is 1. The number of halogens is 1.